The molecule has 0 spiro atoms. The van der Waals surface area contributed by atoms with Gasteiger partial charge in [0.25, 0.3) is 0 Å². The first kappa shape index (κ1) is 9.99. The first-order valence-corrected chi connectivity index (χ1v) is 5.09. The maximum atomic E-state index is 11.1. The van der Waals surface area contributed by atoms with Gasteiger partial charge in [-0.15, -0.1) is 0 Å². The van der Waals surface area contributed by atoms with Crippen LogP contribution in [0.5, 0.6) is 0 Å². The highest BCUT2D eigenvalue weighted by atomic mass is 79.9. The van der Waals surface area contributed by atoms with Crippen molar-refractivity contribution in [2.45, 2.75) is 36.6 Å². The van der Waals surface area contributed by atoms with E-state index in [4.69, 9.17) is 0 Å². The van der Waals surface area contributed by atoms with E-state index in [1.807, 2.05) is 0 Å². The third kappa shape index (κ3) is 2.45. The number of hydrogen-bond acceptors (Lipinski definition) is 2. The van der Waals surface area contributed by atoms with E-state index in [-0.39, 0.29) is 10.7 Å². The maximum absolute atomic E-state index is 11.1. The van der Waals surface area contributed by atoms with Crippen molar-refractivity contribution >= 4 is 21.8 Å². The second kappa shape index (κ2) is 3.75. The minimum Gasteiger partial charge on any atom is -0.388 e. The summed E-state index contributed by atoms with van der Waals surface area (Å²) in [5.41, 5.74) is -0.614. The van der Waals surface area contributed by atoms with E-state index in [0.717, 1.165) is 19.3 Å². The molecule has 0 saturated heterocycles. The van der Waals surface area contributed by atoms with Gasteiger partial charge in [0.15, 0.2) is 0 Å². The molecule has 70 valence electrons. The smallest absolute Gasteiger partial charge is 0.233 e. The number of alkyl halides is 1. The molecule has 1 atom stereocenters. The molecular formula is C8H14BrNO2. The Kier molecular flexibility index (Phi) is 3.12. The molecule has 1 saturated carbocycles. The van der Waals surface area contributed by atoms with Gasteiger partial charge in [-0.3, -0.25) is 4.79 Å². The van der Waals surface area contributed by atoms with Crippen LogP contribution in [0.15, 0.2) is 0 Å². The van der Waals surface area contributed by atoms with Crippen LogP contribution in [0, 0.1) is 0 Å². The highest BCUT2D eigenvalue weighted by Crippen LogP contribution is 2.30. The van der Waals surface area contributed by atoms with Gasteiger partial charge >= 0.3 is 0 Å². The van der Waals surface area contributed by atoms with E-state index in [0.29, 0.717) is 6.54 Å². The third-order valence-electron chi connectivity index (χ3n) is 2.24. The van der Waals surface area contributed by atoms with Crippen molar-refractivity contribution in [2.24, 2.45) is 0 Å². The summed E-state index contributed by atoms with van der Waals surface area (Å²) in [6, 6.07) is 0. The van der Waals surface area contributed by atoms with Crippen LogP contribution in [-0.2, 0) is 4.79 Å². The highest BCUT2D eigenvalue weighted by molar-refractivity contribution is 9.10. The Hall–Kier alpha value is -0.0900. The number of nitrogens with one attached hydrogen (secondary N) is 1. The van der Waals surface area contributed by atoms with Crippen LogP contribution < -0.4 is 5.32 Å². The van der Waals surface area contributed by atoms with E-state index < -0.39 is 5.60 Å². The van der Waals surface area contributed by atoms with E-state index in [1.54, 1.807) is 6.92 Å². The summed E-state index contributed by atoms with van der Waals surface area (Å²) >= 11 is 3.15. The van der Waals surface area contributed by atoms with Crippen molar-refractivity contribution in [1.82, 2.24) is 5.32 Å². The van der Waals surface area contributed by atoms with Gasteiger partial charge in [0, 0.05) is 6.54 Å². The molecule has 2 N–H and O–H groups in total. The predicted octanol–water partition coefficient (Wildman–Crippen LogP) is 0.801. The Morgan fingerprint density at radius 3 is 2.67 bits per heavy atom. The Morgan fingerprint density at radius 1 is 1.75 bits per heavy atom. The standard InChI is InChI=1S/C8H14BrNO2/c1-6(9)7(11)10-5-8(12)3-2-4-8/h6,12H,2-5H2,1H3,(H,10,11). The summed E-state index contributed by atoms with van der Waals surface area (Å²) in [5, 5.41) is 12.3. The zero-order valence-corrected chi connectivity index (χ0v) is 8.73. The molecule has 1 rings (SSSR count). The molecule has 0 aromatic heterocycles. The van der Waals surface area contributed by atoms with E-state index >= 15 is 0 Å². The van der Waals surface area contributed by atoms with E-state index in [2.05, 4.69) is 21.2 Å². The molecule has 0 aromatic carbocycles. The van der Waals surface area contributed by atoms with Crippen LogP contribution in [0.2, 0.25) is 0 Å². The van der Waals surface area contributed by atoms with Crippen molar-refractivity contribution in [1.29, 1.82) is 0 Å². The lowest BCUT2D eigenvalue weighted by molar-refractivity contribution is -0.122. The Labute approximate surface area is 80.7 Å². The third-order valence-corrected chi connectivity index (χ3v) is 2.65. The molecule has 0 aromatic rings. The molecule has 0 aliphatic heterocycles. The molecule has 1 aliphatic rings. The van der Waals surface area contributed by atoms with Gasteiger partial charge in [-0.2, -0.15) is 0 Å². The number of hydrogen-bond donors (Lipinski definition) is 2. The fraction of sp³-hybridized carbons (Fsp3) is 0.875. The highest BCUT2D eigenvalue weighted by Gasteiger charge is 2.34. The molecule has 1 unspecified atom stereocenters. The van der Waals surface area contributed by atoms with Crippen LogP contribution in [0.25, 0.3) is 0 Å². The molecule has 0 bridgehead atoms. The first-order chi connectivity index (χ1) is 5.53. The fourth-order valence-corrected chi connectivity index (χ4v) is 1.32. The summed E-state index contributed by atoms with van der Waals surface area (Å²) in [4.78, 5) is 10.9. The lowest BCUT2D eigenvalue weighted by Gasteiger charge is -2.36. The number of carbonyl (C=O) groups excluding carboxylic acids is 1. The van der Waals surface area contributed by atoms with Crippen molar-refractivity contribution in [3.05, 3.63) is 0 Å². The monoisotopic (exact) mass is 235 g/mol. The van der Waals surface area contributed by atoms with E-state index in [9.17, 15) is 9.90 Å². The molecule has 0 radical (unpaired) electrons. The fourth-order valence-electron chi connectivity index (χ4n) is 1.15. The van der Waals surface area contributed by atoms with Crippen LogP contribution in [-0.4, -0.2) is 28.0 Å². The SMILES string of the molecule is CC(Br)C(=O)NCC1(O)CCC1. The summed E-state index contributed by atoms with van der Waals surface area (Å²) < 4.78 is 0. The summed E-state index contributed by atoms with van der Waals surface area (Å²) in [6.45, 7) is 2.15. The van der Waals surface area contributed by atoms with Crippen LogP contribution >= 0.6 is 15.9 Å². The zero-order valence-electron chi connectivity index (χ0n) is 7.14. The molecule has 0 heterocycles. The topological polar surface area (TPSA) is 49.3 Å². The van der Waals surface area contributed by atoms with Gasteiger partial charge in [-0.05, 0) is 26.2 Å². The maximum Gasteiger partial charge on any atom is 0.233 e. The summed E-state index contributed by atoms with van der Waals surface area (Å²) in [5.74, 6) is -0.0599. The van der Waals surface area contributed by atoms with Crippen LogP contribution in [0.3, 0.4) is 0 Å². The summed E-state index contributed by atoms with van der Waals surface area (Å²) in [6.07, 6.45) is 2.68. The predicted molar refractivity (Wildman–Crippen MR) is 50.2 cm³/mol. The van der Waals surface area contributed by atoms with Crippen molar-refractivity contribution in [3.8, 4) is 0 Å². The van der Waals surface area contributed by atoms with Gasteiger partial charge < -0.3 is 10.4 Å². The summed E-state index contributed by atoms with van der Waals surface area (Å²) in [7, 11) is 0. The lowest BCUT2D eigenvalue weighted by Crippen LogP contribution is -2.48. The average Bonchev–Trinajstić information content (AvgIpc) is 1.96. The van der Waals surface area contributed by atoms with Gasteiger partial charge in [-0.25, -0.2) is 0 Å². The van der Waals surface area contributed by atoms with Crippen molar-refractivity contribution in [2.75, 3.05) is 6.54 Å². The zero-order chi connectivity index (χ0) is 9.19. The number of amides is 1. The minimum absolute atomic E-state index is 0.0599. The van der Waals surface area contributed by atoms with Gasteiger partial charge in [0.05, 0.1) is 10.4 Å². The second-order valence-corrected chi connectivity index (χ2v) is 4.79. The number of halogens is 1. The lowest BCUT2D eigenvalue weighted by atomic mass is 9.80. The average molecular weight is 236 g/mol. The quantitative estimate of drug-likeness (QED) is 0.712. The molecule has 1 aliphatic carbocycles. The first-order valence-electron chi connectivity index (χ1n) is 4.18. The molecule has 12 heavy (non-hydrogen) atoms. The van der Waals surface area contributed by atoms with E-state index in [1.165, 1.54) is 0 Å². The van der Waals surface area contributed by atoms with Crippen LogP contribution in [0.1, 0.15) is 26.2 Å². The van der Waals surface area contributed by atoms with Gasteiger partial charge in [0.1, 0.15) is 0 Å². The Bertz CT molecular complexity index is 178. The molecular weight excluding hydrogens is 222 g/mol. The number of rotatable bonds is 3. The van der Waals surface area contributed by atoms with Gasteiger partial charge in [-0.1, -0.05) is 15.9 Å². The van der Waals surface area contributed by atoms with Gasteiger partial charge in [0.2, 0.25) is 5.91 Å². The van der Waals surface area contributed by atoms with Crippen LogP contribution in [0.4, 0.5) is 0 Å². The molecule has 3 nitrogen and oxygen atoms in total. The molecule has 1 amide bonds. The molecule has 4 heteroatoms. The molecule has 1 fully saturated rings. The number of carbonyl (C=O) groups is 1. The van der Waals surface area contributed by atoms with Crippen molar-refractivity contribution < 1.29 is 9.90 Å². The minimum atomic E-state index is -0.614. The second-order valence-electron chi connectivity index (χ2n) is 3.41. The largest absolute Gasteiger partial charge is 0.388 e. The Morgan fingerprint density at radius 2 is 2.33 bits per heavy atom. The van der Waals surface area contributed by atoms with Crippen molar-refractivity contribution in [3.63, 3.8) is 0 Å². The Balaban J connectivity index is 2.21. The number of aliphatic hydroxyl groups is 1. The normalized spacial score (nSPS) is 22.6.